The molecule has 5 heteroatoms. The molecule has 1 aromatic carbocycles. The second-order valence-corrected chi connectivity index (χ2v) is 4.83. The molecule has 0 spiro atoms. The van der Waals surface area contributed by atoms with Crippen LogP contribution in [0.1, 0.15) is 25.0 Å². The van der Waals surface area contributed by atoms with Crippen molar-refractivity contribution in [2.75, 3.05) is 26.2 Å². The van der Waals surface area contributed by atoms with Gasteiger partial charge in [0.2, 0.25) is 0 Å². The summed E-state index contributed by atoms with van der Waals surface area (Å²) in [6.07, 6.45) is -0.298. The number of morpholine rings is 1. The highest BCUT2D eigenvalue weighted by Gasteiger charge is 2.28. The van der Waals surface area contributed by atoms with Crippen molar-refractivity contribution in [3.8, 4) is 0 Å². The van der Waals surface area contributed by atoms with E-state index in [1.165, 1.54) is 6.07 Å². The highest BCUT2D eigenvalue weighted by Crippen LogP contribution is 2.23. The molecule has 2 rings (SSSR count). The predicted octanol–water partition coefficient (Wildman–Crippen LogP) is 2.11. The minimum absolute atomic E-state index is 0.349. The summed E-state index contributed by atoms with van der Waals surface area (Å²) in [6.45, 7) is 5.04. The zero-order chi connectivity index (χ0) is 13.8. The summed E-state index contributed by atoms with van der Waals surface area (Å²) in [4.78, 5) is 2.21. The summed E-state index contributed by atoms with van der Waals surface area (Å²) in [5, 5.41) is 10.2. The molecule has 1 N–H and O–H groups in total. The Hall–Kier alpha value is -1.04. The zero-order valence-electron chi connectivity index (χ0n) is 11.0. The molecule has 1 aromatic rings. The van der Waals surface area contributed by atoms with Crippen LogP contribution in [0.5, 0.6) is 0 Å². The van der Waals surface area contributed by atoms with E-state index in [1.54, 1.807) is 0 Å². The van der Waals surface area contributed by atoms with Crippen molar-refractivity contribution in [3.05, 3.63) is 35.4 Å². The number of benzene rings is 1. The number of rotatable bonds is 4. The van der Waals surface area contributed by atoms with Gasteiger partial charge in [-0.05, 0) is 30.7 Å². The molecular weight excluding hydrogens is 252 g/mol. The molecule has 1 fully saturated rings. The summed E-state index contributed by atoms with van der Waals surface area (Å²) >= 11 is 0. The molecule has 0 bridgehead atoms. The van der Waals surface area contributed by atoms with Crippen LogP contribution in [-0.2, 0) is 4.74 Å². The smallest absolute Gasteiger partial charge is 0.159 e. The Balaban J connectivity index is 2.05. The van der Waals surface area contributed by atoms with Gasteiger partial charge in [0.1, 0.15) is 12.2 Å². The van der Waals surface area contributed by atoms with Crippen molar-refractivity contribution in [1.82, 2.24) is 4.90 Å². The van der Waals surface area contributed by atoms with E-state index in [-0.39, 0.29) is 0 Å². The van der Waals surface area contributed by atoms with Gasteiger partial charge in [0.25, 0.3) is 0 Å². The van der Waals surface area contributed by atoms with E-state index < -0.39 is 23.8 Å². The second kappa shape index (κ2) is 6.41. The molecule has 0 radical (unpaired) electrons. The van der Waals surface area contributed by atoms with Gasteiger partial charge in [0, 0.05) is 13.1 Å². The van der Waals surface area contributed by atoms with Gasteiger partial charge in [-0.3, -0.25) is 4.90 Å². The lowest BCUT2D eigenvalue weighted by Gasteiger charge is -2.35. The van der Waals surface area contributed by atoms with Crippen LogP contribution in [0.15, 0.2) is 18.2 Å². The summed E-state index contributed by atoms with van der Waals surface area (Å²) in [7, 11) is 0. The van der Waals surface area contributed by atoms with Crippen molar-refractivity contribution in [2.45, 2.75) is 25.6 Å². The van der Waals surface area contributed by atoms with E-state index in [4.69, 9.17) is 4.74 Å². The average Bonchev–Trinajstić information content (AvgIpc) is 2.42. The Morgan fingerprint density at radius 3 is 2.89 bits per heavy atom. The van der Waals surface area contributed by atoms with Gasteiger partial charge in [-0.25, -0.2) is 8.78 Å². The molecule has 1 aliphatic heterocycles. The number of aliphatic hydroxyl groups excluding tert-OH is 1. The third kappa shape index (κ3) is 3.49. The van der Waals surface area contributed by atoms with Gasteiger partial charge in [0.05, 0.1) is 6.61 Å². The van der Waals surface area contributed by atoms with Crippen molar-refractivity contribution in [1.29, 1.82) is 0 Å². The molecule has 106 valence electrons. The van der Waals surface area contributed by atoms with Crippen molar-refractivity contribution >= 4 is 0 Å². The molecule has 0 amide bonds. The maximum Gasteiger partial charge on any atom is 0.159 e. The van der Waals surface area contributed by atoms with Gasteiger partial charge in [-0.1, -0.05) is 13.0 Å². The summed E-state index contributed by atoms with van der Waals surface area (Å²) < 4.78 is 31.6. The molecule has 2 unspecified atom stereocenters. The standard InChI is InChI=1S/C14H19F2NO2/c1-2-5-17-6-7-19-13(9-17)14(18)10-3-4-11(15)12(16)8-10/h3-4,8,13-14,18H,2,5-7,9H2,1H3. The first-order valence-electron chi connectivity index (χ1n) is 6.58. The topological polar surface area (TPSA) is 32.7 Å². The van der Waals surface area contributed by atoms with Crippen LogP contribution in [0.25, 0.3) is 0 Å². The molecule has 1 heterocycles. The van der Waals surface area contributed by atoms with Crippen molar-refractivity contribution in [2.24, 2.45) is 0 Å². The minimum atomic E-state index is -0.947. The highest BCUT2D eigenvalue weighted by molar-refractivity contribution is 5.21. The maximum atomic E-state index is 13.2. The SMILES string of the molecule is CCCN1CCOC(C(O)c2ccc(F)c(F)c2)C1. The Kier molecular flexibility index (Phi) is 4.85. The van der Waals surface area contributed by atoms with Gasteiger partial charge in [-0.15, -0.1) is 0 Å². The van der Waals surface area contributed by atoms with Crippen LogP contribution >= 0.6 is 0 Å². The van der Waals surface area contributed by atoms with E-state index in [1.807, 2.05) is 0 Å². The van der Waals surface area contributed by atoms with Gasteiger partial charge >= 0.3 is 0 Å². The van der Waals surface area contributed by atoms with Gasteiger partial charge in [-0.2, -0.15) is 0 Å². The largest absolute Gasteiger partial charge is 0.386 e. The van der Waals surface area contributed by atoms with Gasteiger partial charge < -0.3 is 9.84 Å². The first-order chi connectivity index (χ1) is 9.11. The minimum Gasteiger partial charge on any atom is -0.386 e. The number of hydrogen-bond donors (Lipinski definition) is 1. The molecule has 2 atom stereocenters. The Morgan fingerprint density at radius 2 is 2.21 bits per heavy atom. The van der Waals surface area contributed by atoms with Crippen molar-refractivity contribution < 1.29 is 18.6 Å². The third-order valence-corrected chi connectivity index (χ3v) is 3.35. The normalized spacial score (nSPS) is 22.4. The van der Waals surface area contributed by atoms with Crippen LogP contribution in [0.3, 0.4) is 0 Å². The first-order valence-corrected chi connectivity index (χ1v) is 6.58. The van der Waals surface area contributed by atoms with Crippen LogP contribution < -0.4 is 0 Å². The summed E-state index contributed by atoms with van der Waals surface area (Å²) in [5.41, 5.74) is 0.349. The highest BCUT2D eigenvalue weighted by atomic mass is 19.2. The first kappa shape index (κ1) is 14.4. The molecule has 1 aliphatic rings. The van der Waals surface area contributed by atoms with Crippen LogP contribution in [-0.4, -0.2) is 42.4 Å². The maximum absolute atomic E-state index is 13.2. The third-order valence-electron chi connectivity index (χ3n) is 3.35. The quantitative estimate of drug-likeness (QED) is 0.910. The predicted molar refractivity (Wildman–Crippen MR) is 67.8 cm³/mol. The lowest BCUT2D eigenvalue weighted by atomic mass is 10.0. The number of nitrogens with zero attached hydrogens (tertiary/aromatic N) is 1. The number of hydrogen-bond acceptors (Lipinski definition) is 3. The fraction of sp³-hybridized carbons (Fsp3) is 0.571. The fourth-order valence-electron chi connectivity index (χ4n) is 2.35. The van der Waals surface area contributed by atoms with E-state index >= 15 is 0 Å². The Morgan fingerprint density at radius 1 is 1.42 bits per heavy atom. The Labute approximate surface area is 111 Å². The number of halogens is 2. The monoisotopic (exact) mass is 271 g/mol. The van der Waals surface area contributed by atoms with E-state index in [0.717, 1.165) is 31.6 Å². The van der Waals surface area contributed by atoms with E-state index in [0.29, 0.717) is 18.7 Å². The van der Waals surface area contributed by atoms with E-state index in [2.05, 4.69) is 11.8 Å². The van der Waals surface area contributed by atoms with E-state index in [9.17, 15) is 13.9 Å². The number of aliphatic hydroxyl groups is 1. The van der Waals surface area contributed by atoms with Crippen LogP contribution in [0, 0.1) is 11.6 Å². The fourth-order valence-corrected chi connectivity index (χ4v) is 2.35. The zero-order valence-corrected chi connectivity index (χ0v) is 11.0. The second-order valence-electron chi connectivity index (χ2n) is 4.83. The summed E-state index contributed by atoms with van der Waals surface area (Å²) in [6, 6.07) is 3.45. The molecule has 0 aliphatic carbocycles. The molecule has 0 aromatic heterocycles. The lowest BCUT2D eigenvalue weighted by Crippen LogP contribution is -2.45. The summed E-state index contributed by atoms with van der Waals surface area (Å²) in [5.74, 6) is -1.86. The molecule has 1 saturated heterocycles. The molecule has 3 nitrogen and oxygen atoms in total. The van der Waals surface area contributed by atoms with Gasteiger partial charge in [0.15, 0.2) is 11.6 Å². The van der Waals surface area contributed by atoms with Crippen molar-refractivity contribution in [3.63, 3.8) is 0 Å². The van der Waals surface area contributed by atoms with Crippen LogP contribution in [0.4, 0.5) is 8.78 Å². The Bertz CT molecular complexity index is 426. The molecule has 19 heavy (non-hydrogen) atoms. The molecular formula is C14H19F2NO2. The lowest BCUT2D eigenvalue weighted by molar-refractivity contribution is -0.0899. The molecule has 0 saturated carbocycles. The van der Waals surface area contributed by atoms with Crippen LogP contribution in [0.2, 0.25) is 0 Å². The average molecular weight is 271 g/mol. The number of ether oxygens (including phenoxy) is 1.